The number of piperazine rings is 1. The summed E-state index contributed by atoms with van der Waals surface area (Å²) in [7, 11) is 0. The van der Waals surface area contributed by atoms with Gasteiger partial charge in [-0.3, -0.25) is 24.2 Å². The SMILES string of the molecule is Cl.O=C(CN1C(=O)CCC1=O)N1CCN(CC2CCCNC2)CC1. The Balaban J connectivity index is 0.00000208. The van der Waals surface area contributed by atoms with Gasteiger partial charge in [0.25, 0.3) is 0 Å². The summed E-state index contributed by atoms with van der Waals surface area (Å²) in [4.78, 5) is 40.8. The highest BCUT2D eigenvalue weighted by Gasteiger charge is 2.32. The van der Waals surface area contributed by atoms with Crippen LogP contribution in [0.3, 0.4) is 0 Å². The number of likely N-dealkylation sites (tertiary alicyclic amines) is 1. The molecule has 3 rings (SSSR count). The third-order valence-corrected chi connectivity index (χ3v) is 5.09. The van der Waals surface area contributed by atoms with Crippen molar-refractivity contribution in [3.8, 4) is 0 Å². The van der Waals surface area contributed by atoms with E-state index in [0.717, 1.165) is 37.6 Å². The minimum absolute atomic E-state index is 0. The summed E-state index contributed by atoms with van der Waals surface area (Å²) in [6.07, 6.45) is 3.02. The van der Waals surface area contributed by atoms with Crippen LogP contribution in [0.25, 0.3) is 0 Å². The molecule has 1 N–H and O–H groups in total. The average molecular weight is 359 g/mol. The van der Waals surface area contributed by atoms with E-state index in [1.165, 1.54) is 12.8 Å². The third-order valence-electron chi connectivity index (χ3n) is 5.09. The van der Waals surface area contributed by atoms with Crippen LogP contribution in [0.15, 0.2) is 0 Å². The summed E-state index contributed by atoms with van der Waals surface area (Å²) in [6, 6.07) is 0. The third kappa shape index (κ3) is 4.68. The van der Waals surface area contributed by atoms with Gasteiger partial charge in [-0.15, -0.1) is 12.4 Å². The molecule has 0 bridgehead atoms. The quantitative estimate of drug-likeness (QED) is 0.699. The molecule has 3 fully saturated rings. The second kappa shape index (κ2) is 8.78. The van der Waals surface area contributed by atoms with E-state index in [1.807, 2.05) is 0 Å². The van der Waals surface area contributed by atoms with Crippen LogP contribution < -0.4 is 5.32 Å². The van der Waals surface area contributed by atoms with E-state index in [9.17, 15) is 14.4 Å². The number of carbonyl (C=O) groups excluding carboxylic acids is 3. The number of nitrogens with zero attached hydrogens (tertiary/aromatic N) is 3. The molecule has 0 aromatic carbocycles. The largest absolute Gasteiger partial charge is 0.339 e. The lowest BCUT2D eigenvalue weighted by Gasteiger charge is -2.37. The number of halogens is 1. The second-order valence-corrected chi connectivity index (χ2v) is 6.77. The Hall–Kier alpha value is -1.18. The van der Waals surface area contributed by atoms with Gasteiger partial charge in [0, 0.05) is 45.6 Å². The van der Waals surface area contributed by atoms with Crippen molar-refractivity contribution in [2.24, 2.45) is 5.92 Å². The monoisotopic (exact) mass is 358 g/mol. The number of carbonyl (C=O) groups is 3. The first-order valence-electron chi connectivity index (χ1n) is 8.67. The number of piperidine rings is 1. The molecular formula is C16H27ClN4O3. The molecule has 3 heterocycles. The zero-order chi connectivity index (χ0) is 16.2. The summed E-state index contributed by atoms with van der Waals surface area (Å²) >= 11 is 0. The molecule has 3 amide bonds. The minimum Gasteiger partial charge on any atom is -0.339 e. The predicted octanol–water partition coefficient (Wildman–Crippen LogP) is -0.299. The molecule has 1 atom stereocenters. The highest BCUT2D eigenvalue weighted by Crippen LogP contribution is 2.15. The minimum atomic E-state index is -0.216. The Labute approximate surface area is 149 Å². The number of hydrogen-bond donors (Lipinski definition) is 1. The molecule has 0 aromatic rings. The van der Waals surface area contributed by atoms with Crippen LogP contribution >= 0.6 is 12.4 Å². The van der Waals surface area contributed by atoms with Gasteiger partial charge < -0.3 is 10.2 Å². The van der Waals surface area contributed by atoms with Crippen molar-refractivity contribution in [2.45, 2.75) is 25.7 Å². The molecule has 3 saturated heterocycles. The molecule has 0 aliphatic carbocycles. The van der Waals surface area contributed by atoms with E-state index in [1.54, 1.807) is 4.90 Å². The van der Waals surface area contributed by atoms with Crippen molar-refractivity contribution < 1.29 is 14.4 Å². The smallest absolute Gasteiger partial charge is 0.242 e. The van der Waals surface area contributed by atoms with Crippen LogP contribution in [0, 0.1) is 5.92 Å². The van der Waals surface area contributed by atoms with Crippen molar-refractivity contribution in [3.63, 3.8) is 0 Å². The molecular weight excluding hydrogens is 332 g/mol. The molecule has 3 aliphatic rings. The number of rotatable bonds is 4. The van der Waals surface area contributed by atoms with E-state index < -0.39 is 0 Å². The lowest BCUT2D eigenvalue weighted by Crippen LogP contribution is -2.53. The van der Waals surface area contributed by atoms with Crippen LogP contribution in [-0.2, 0) is 14.4 Å². The Bertz CT molecular complexity index is 458. The van der Waals surface area contributed by atoms with Gasteiger partial charge in [-0.25, -0.2) is 0 Å². The van der Waals surface area contributed by atoms with E-state index in [-0.39, 0.29) is 49.5 Å². The van der Waals surface area contributed by atoms with E-state index in [0.29, 0.717) is 19.0 Å². The lowest BCUT2D eigenvalue weighted by molar-refractivity contribution is -0.146. The summed E-state index contributed by atoms with van der Waals surface area (Å²) in [5.41, 5.74) is 0. The van der Waals surface area contributed by atoms with Gasteiger partial charge in [-0.2, -0.15) is 0 Å². The first-order chi connectivity index (χ1) is 11.1. The van der Waals surface area contributed by atoms with Crippen LogP contribution in [0.2, 0.25) is 0 Å². The van der Waals surface area contributed by atoms with Crippen molar-refractivity contribution >= 4 is 30.1 Å². The van der Waals surface area contributed by atoms with Crippen molar-refractivity contribution in [2.75, 3.05) is 52.4 Å². The molecule has 136 valence electrons. The molecule has 0 radical (unpaired) electrons. The number of amides is 3. The summed E-state index contributed by atoms with van der Waals surface area (Å²) in [5, 5.41) is 3.44. The van der Waals surface area contributed by atoms with Gasteiger partial charge in [-0.05, 0) is 31.8 Å². The van der Waals surface area contributed by atoms with Gasteiger partial charge >= 0.3 is 0 Å². The summed E-state index contributed by atoms with van der Waals surface area (Å²) < 4.78 is 0. The molecule has 0 aromatic heterocycles. The molecule has 3 aliphatic heterocycles. The second-order valence-electron chi connectivity index (χ2n) is 6.77. The van der Waals surface area contributed by atoms with Gasteiger partial charge in [0.2, 0.25) is 17.7 Å². The Kier molecular flexibility index (Phi) is 7.01. The first-order valence-corrected chi connectivity index (χ1v) is 8.67. The van der Waals surface area contributed by atoms with E-state index in [4.69, 9.17) is 0 Å². The molecule has 0 spiro atoms. The van der Waals surface area contributed by atoms with E-state index in [2.05, 4.69) is 10.2 Å². The van der Waals surface area contributed by atoms with Crippen molar-refractivity contribution in [1.29, 1.82) is 0 Å². The summed E-state index contributed by atoms with van der Waals surface area (Å²) in [5.74, 6) is 0.178. The maximum atomic E-state index is 12.3. The topological polar surface area (TPSA) is 73.0 Å². The Morgan fingerprint density at radius 1 is 1.08 bits per heavy atom. The Morgan fingerprint density at radius 2 is 1.75 bits per heavy atom. The van der Waals surface area contributed by atoms with Gasteiger partial charge in [-0.1, -0.05) is 0 Å². The lowest BCUT2D eigenvalue weighted by atomic mass is 9.99. The zero-order valence-electron chi connectivity index (χ0n) is 14.0. The standard InChI is InChI=1S/C16H26N4O3.ClH/c21-14-3-4-15(22)20(14)12-16(23)19-8-6-18(7-9-19)11-13-2-1-5-17-10-13;/h13,17H,1-12H2;1H. The predicted molar refractivity (Wildman–Crippen MR) is 91.8 cm³/mol. The molecule has 7 nitrogen and oxygen atoms in total. The summed E-state index contributed by atoms with van der Waals surface area (Å²) in [6.45, 7) is 6.38. The highest BCUT2D eigenvalue weighted by atomic mass is 35.5. The maximum absolute atomic E-state index is 12.3. The number of imide groups is 1. The zero-order valence-corrected chi connectivity index (χ0v) is 14.9. The Morgan fingerprint density at radius 3 is 2.33 bits per heavy atom. The maximum Gasteiger partial charge on any atom is 0.242 e. The van der Waals surface area contributed by atoms with Gasteiger partial charge in [0.05, 0.1) is 0 Å². The van der Waals surface area contributed by atoms with Crippen molar-refractivity contribution in [1.82, 2.24) is 20.0 Å². The highest BCUT2D eigenvalue weighted by molar-refractivity contribution is 6.04. The fourth-order valence-electron chi connectivity index (χ4n) is 3.66. The van der Waals surface area contributed by atoms with E-state index >= 15 is 0 Å². The fourth-order valence-corrected chi connectivity index (χ4v) is 3.66. The number of nitrogens with one attached hydrogen (secondary N) is 1. The molecule has 1 unspecified atom stereocenters. The van der Waals surface area contributed by atoms with Gasteiger partial charge in [0.1, 0.15) is 6.54 Å². The molecule has 8 heteroatoms. The first kappa shape index (κ1) is 19.1. The molecule has 0 saturated carbocycles. The average Bonchev–Trinajstić information content (AvgIpc) is 2.88. The van der Waals surface area contributed by atoms with Crippen LogP contribution in [0.5, 0.6) is 0 Å². The van der Waals surface area contributed by atoms with Crippen LogP contribution in [-0.4, -0.2) is 84.8 Å². The fraction of sp³-hybridized carbons (Fsp3) is 0.812. The van der Waals surface area contributed by atoms with Crippen LogP contribution in [0.1, 0.15) is 25.7 Å². The normalized spacial score (nSPS) is 25.8. The molecule has 24 heavy (non-hydrogen) atoms. The van der Waals surface area contributed by atoms with Crippen molar-refractivity contribution in [3.05, 3.63) is 0 Å². The van der Waals surface area contributed by atoms with Crippen LogP contribution in [0.4, 0.5) is 0 Å². The van der Waals surface area contributed by atoms with Gasteiger partial charge in [0.15, 0.2) is 0 Å². The number of hydrogen-bond acceptors (Lipinski definition) is 5.